The molecule has 0 amide bonds. The van der Waals surface area contributed by atoms with Gasteiger partial charge in [-0.05, 0) is 25.7 Å². The third-order valence-corrected chi connectivity index (χ3v) is 2.82. The summed E-state index contributed by atoms with van der Waals surface area (Å²) < 4.78 is 0. The van der Waals surface area contributed by atoms with Gasteiger partial charge in [0.2, 0.25) is 0 Å². The van der Waals surface area contributed by atoms with E-state index in [1.807, 2.05) is 24.3 Å². The monoisotopic (exact) mass is 276 g/mol. The predicted octanol–water partition coefficient (Wildman–Crippen LogP) is 5.44. The van der Waals surface area contributed by atoms with E-state index in [1.54, 1.807) is 0 Å². The van der Waals surface area contributed by atoms with Crippen LogP contribution in [0.1, 0.15) is 58.3 Å². The average molecular weight is 276 g/mol. The van der Waals surface area contributed by atoms with Gasteiger partial charge in [0.25, 0.3) is 0 Å². The first kappa shape index (κ1) is 18.4. The molecule has 0 rings (SSSR count). The van der Waals surface area contributed by atoms with Crippen LogP contribution in [0.25, 0.3) is 0 Å². The molecule has 0 atom stereocenters. The van der Waals surface area contributed by atoms with Crippen LogP contribution in [-0.4, -0.2) is 11.1 Å². The summed E-state index contributed by atoms with van der Waals surface area (Å²) in [6.45, 7) is 2.12. The Morgan fingerprint density at radius 1 is 0.800 bits per heavy atom. The molecule has 0 saturated carbocycles. The molecule has 0 aromatic rings. The summed E-state index contributed by atoms with van der Waals surface area (Å²) in [5.74, 6) is -0.682. The molecule has 1 N–H and O–H groups in total. The number of rotatable bonds is 12. The molecule has 20 heavy (non-hydrogen) atoms. The van der Waals surface area contributed by atoms with Gasteiger partial charge in [-0.3, -0.25) is 4.79 Å². The van der Waals surface area contributed by atoms with Crippen LogP contribution in [-0.2, 0) is 4.79 Å². The van der Waals surface area contributed by atoms with Crippen LogP contribution in [0, 0.1) is 0 Å². The van der Waals surface area contributed by atoms with Crippen molar-refractivity contribution in [1.82, 2.24) is 0 Å². The third kappa shape index (κ3) is 16.4. The van der Waals surface area contributed by atoms with Gasteiger partial charge in [-0.15, -0.1) is 0 Å². The Labute approximate surface area is 123 Å². The zero-order valence-electron chi connectivity index (χ0n) is 12.6. The van der Waals surface area contributed by atoms with Gasteiger partial charge in [0.1, 0.15) is 0 Å². The summed E-state index contributed by atoms with van der Waals surface area (Å²) in [6.07, 6.45) is 24.4. The van der Waals surface area contributed by atoms with Crippen molar-refractivity contribution in [3.8, 4) is 0 Å². The molecular formula is C18H28O2. The molecule has 0 spiro atoms. The van der Waals surface area contributed by atoms with Crippen LogP contribution in [0.4, 0.5) is 0 Å². The molecule has 0 aliphatic carbocycles. The summed E-state index contributed by atoms with van der Waals surface area (Å²) in [5, 5.41) is 8.49. The fourth-order valence-corrected chi connectivity index (χ4v) is 1.71. The van der Waals surface area contributed by atoms with E-state index in [0.29, 0.717) is 6.42 Å². The summed E-state index contributed by atoms with van der Waals surface area (Å²) in [4.78, 5) is 10.3. The van der Waals surface area contributed by atoms with E-state index in [0.717, 1.165) is 32.1 Å². The lowest BCUT2D eigenvalue weighted by Gasteiger charge is -1.97. The van der Waals surface area contributed by atoms with Gasteiger partial charge >= 0.3 is 5.97 Å². The third-order valence-electron chi connectivity index (χ3n) is 2.82. The van der Waals surface area contributed by atoms with Gasteiger partial charge in [0.15, 0.2) is 0 Å². The first-order valence-electron chi connectivity index (χ1n) is 7.64. The molecular weight excluding hydrogens is 248 g/mol. The van der Waals surface area contributed by atoms with Crippen LogP contribution in [0.3, 0.4) is 0 Å². The Hall–Kier alpha value is -1.57. The summed E-state index contributed by atoms with van der Waals surface area (Å²) in [7, 11) is 0. The highest BCUT2D eigenvalue weighted by molar-refractivity contribution is 5.66. The van der Waals surface area contributed by atoms with E-state index in [-0.39, 0.29) is 0 Å². The lowest BCUT2D eigenvalue weighted by Crippen LogP contribution is -1.93. The molecule has 0 saturated heterocycles. The zero-order chi connectivity index (χ0) is 14.9. The van der Waals surface area contributed by atoms with E-state index >= 15 is 0 Å². The van der Waals surface area contributed by atoms with Gasteiger partial charge in [0, 0.05) is 6.42 Å². The lowest BCUT2D eigenvalue weighted by molar-refractivity contribution is -0.137. The number of hydrogen-bond donors (Lipinski definition) is 1. The Balaban J connectivity index is 3.35. The van der Waals surface area contributed by atoms with Gasteiger partial charge in [0.05, 0.1) is 0 Å². The van der Waals surface area contributed by atoms with Gasteiger partial charge in [-0.2, -0.15) is 0 Å². The second-order valence-electron chi connectivity index (χ2n) is 4.73. The topological polar surface area (TPSA) is 37.3 Å². The number of unbranched alkanes of at least 4 members (excludes halogenated alkanes) is 5. The smallest absolute Gasteiger partial charge is 0.303 e. The second-order valence-corrected chi connectivity index (χ2v) is 4.73. The predicted molar refractivity (Wildman–Crippen MR) is 86.8 cm³/mol. The van der Waals surface area contributed by atoms with E-state index in [9.17, 15) is 4.79 Å². The van der Waals surface area contributed by atoms with E-state index in [2.05, 4.69) is 31.2 Å². The van der Waals surface area contributed by atoms with Crippen molar-refractivity contribution in [3.63, 3.8) is 0 Å². The van der Waals surface area contributed by atoms with Crippen LogP contribution < -0.4 is 0 Å². The lowest BCUT2D eigenvalue weighted by atomic mass is 10.1. The highest BCUT2D eigenvalue weighted by Crippen LogP contribution is 2.07. The number of carboxylic acids is 1. The SMILES string of the molecule is CCC=CC=CC=C/C=C/CCCCCCCC(=O)O. The van der Waals surface area contributed by atoms with Crippen molar-refractivity contribution in [1.29, 1.82) is 0 Å². The van der Waals surface area contributed by atoms with Crippen molar-refractivity contribution in [2.75, 3.05) is 0 Å². The Kier molecular flexibility index (Phi) is 14.3. The molecule has 0 aliphatic heterocycles. The van der Waals surface area contributed by atoms with Crippen LogP contribution in [0.15, 0.2) is 48.6 Å². The molecule has 0 aromatic heterocycles. The molecule has 2 heteroatoms. The maximum Gasteiger partial charge on any atom is 0.303 e. The Bertz CT molecular complexity index is 335. The first-order chi connectivity index (χ1) is 9.77. The Morgan fingerprint density at radius 2 is 1.35 bits per heavy atom. The highest BCUT2D eigenvalue weighted by atomic mass is 16.4. The van der Waals surface area contributed by atoms with Crippen molar-refractivity contribution >= 4 is 5.97 Å². The summed E-state index contributed by atoms with van der Waals surface area (Å²) >= 11 is 0. The maximum absolute atomic E-state index is 10.3. The fraction of sp³-hybridized carbons (Fsp3) is 0.500. The number of aliphatic carboxylic acids is 1. The van der Waals surface area contributed by atoms with Gasteiger partial charge in [-0.25, -0.2) is 0 Å². The van der Waals surface area contributed by atoms with Crippen LogP contribution in [0.2, 0.25) is 0 Å². The molecule has 0 heterocycles. The Morgan fingerprint density at radius 3 is 2.00 bits per heavy atom. The zero-order valence-corrected chi connectivity index (χ0v) is 12.6. The van der Waals surface area contributed by atoms with E-state index in [1.165, 1.54) is 12.8 Å². The molecule has 0 radical (unpaired) electrons. The minimum absolute atomic E-state index is 0.311. The molecule has 0 fully saturated rings. The maximum atomic E-state index is 10.3. The number of carboxylic acid groups (broad SMARTS) is 1. The first-order valence-corrected chi connectivity index (χ1v) is 7.64. The van der Waals surface area contributed by atoms with Crippen molar-refractivity contribution < 1.29 is 9.90 Å². The molecule has 0 aromatic carbocycles. The van der Waals surface area contributed by atoms with Crippen molar-refractivity contribution in [2.45, 2.75) is 58.3 Å². The average Bonchev–Trinajstić information content (AvgIpc) is 2.43. The molecule has 0 aliphatic rings. The quantitative estimate of drug-likeness (QED) is 0.381. The largest absolute Gasteiger partial charge is 0.481 e. The molecule has 0 bridgehead atoms. The standard InChI is InChI=1S/C18H28O2/c1-2-3-4-5-6-7-8-9-10-11-12-13-14-15-16-17-18(19)20/h3-10H,2,11-17H2,1H3,(H,19,20)/b4-3?,6-5?,8-7?,10-9+. The normalized spacial score (nSPS) is 12.4. The molecule has 2 nitrogen and oxygen atoms in total. The van der Waals surface area contributed by atoms with Gasteiger partial charge < -0.3 is 5.11 Å². The second kappa shape index (κ2) is 15.5. The summed E-state index contributed by atoms with van der Waals surface area (Å²) in [6, 6.07) is 0. The van der Waals surface area contributed by atoms with Crippen LogP contribution >= 0.6 is 0 Å². The van der Waals surface area contributed by atoms with E-state index < -0.39 is 5.97 Å². The van der Waals surface area contributed by atoms with Crippen molar-refractivity contribution in [2.24, 2.45) is 0 Å². The minimum atomic E-state index is -0.682. The fourth-order valence-electron chi connectivity index (χ4n) is 1.71. The van der Waals surface area contributed by atoms with Crippen molar-refractivity contribution in [3.05, 3.63) is 48.6 Å². The van der Waals surface area contributed by atoms with E-state index in [4.69, 9.17) is 5.11 Å². The highest BCUT2D eigenvalue weighted by Gasteiger charge is 1.95. The number of carbonyl (C=O) groups is 1. The summed E-state index contributed by atoms with van der Waals surface area (Å²) in [5.41, 5.74) is 0. The molecule has 112 valence electrons. The number of allylic oxidation sites excluding steroid dienone is 8. The van der Waals surface area contributed by atoms with Crippen LogP contribution in [0.5, 0.6) is 0 Å². The minimum Gasteiger partial charge on any atom is -0.481 e. The number of hydrogen-bond acceptors (Lipinski definition) is 1. The van der Waals surface area contributed by atoms with Gasteiger partial charge in [-0.1, -0.05) is 74.8 Å². The molecule has 0 unspecified atom stereocenters.